The van der Waals surface area contributed by atoms with Crippen molar-refractivity contribution < 1.29 is 23.0 Å². The van der Waals surface area contributed by atoms with Crippen LogP contribution in [0.3, 0.4) is 0 Å². The second-order valence-electron chi connectivity index (χ2n) is 5.45. The van der Waals surface area contributed by atoms with Gasteiger partial charge in [0.25, 0.3) is 0 Å². The largest absolute Gasteiger partial charge is 0.433 e. The Hall–Kier alpha value is -2.00. The Labute approximate surface area is 129 Å². The first-order chi connectivity index (χ1) is 10.9. The van der Waals surface area contributed by atoms with Crippen molar-refractivity contribution >= 4 is 0 Å². The lowest BCUT2D eigenvalue weighted by Crippen LogP contribution is -2.33. The molecule has 2 aromatic rings. The van der Waals surface area contributed by atoms with Crippen molar-refractivity contribution in [1.29, 1.82) is 0 Å². The van der Waals surface area contributed by atoms with E-state index in [-0.39, 0.29) is 12.1 Å². The minimum Gasteiger partial charge on any atom is -0.383 e. The first-order valence-electron chi connectivity index (χ1n) is 7.10. The zero-order valence-electron chi connectivity index (χ0n) is 12.1. The second kappa shape index (κ2) is 5.89. The fourth-order valence-corrected chi connectivity index (χ4v) is 2.55. The molecular formula is C14H15F3N4O2. The van der Waals surface area contributed by atoms with Crippen LogP contribution in [0.1, 0.15) is 29.8 Å². The highest BCUT2D eigenvalue weighted by molar-refractivity contribution is 5.22. The van der Waals surface area contributed by atoms with Crippen molar-refractivity contribution in [1.82, 2.24) is 20.0 Å². The van der Waals surface area contributed by atoms with E-state index in [0.29, 0.717) is 31.7 Å². The molecule has 6 nitrogen and oxygen atoms in total. The van der Waals surface area contributed by atoms with Gasteiger partial charge in [-0.15, -0.1) is 5.10 Å². The molecule has 0 amide bonds. The van der Waals surface area contributed by atoms with Crippen LogP contribution in [0, 0.1) is 0 Å². The molecule has 1 saturated heterocycles. The van der Waals surface area contributed by atoms with E-state index in [1.54, 1.807) is 0 Å². The quantitative estimate of drug-likeness (QED) is 0.929. The minimum absolute atomic E-state index is 0.00424. The fourth-order valence-electron chi connectivity index (χ4n) is 2.55. The van der Waals surface area contributed by atoms with Gasteiger partial charge in [0.05, 0.1) is 12.7 Å². The number of rotatable bonds is 3. The molecule has 3 rings (SSSR count). The van der Waals surface area contributed by atoms with Crippen molar-refractivity contribution in [2.24, 2.45) is 0 Å². The van der Waals surface area contributed by atoms with E-state index in [1.165, 1.54) is 23.0 Å². The Bertz CT molecular complexity index is 681. The molecule has 0 unspecified atom stereocenters. The zero-order valence-corrected chi connectivity index (χ0v) is 12.1. The average molecular weight is 328 g/mol. The molecule has 0 radical (unpaired) electrons. The van der Waals surface area contributed by atoms with Crippen molar-refractivity contribution in [2.45, 2.75) is 31.2 Å². The summed E-state index contributed by atoms with van der Waals surface area (Å²) in [4.78, 5) is 3.40. The summed E-state index contributed by atoms with van der Waals surface area (Å²) in [6, 6.07) is 2.79. The lowest BCUT2D eigenvalue weighted by molar-refractivity contribution is -0.141. The van der Waals surface area contributed by atoms with Crippen LogP contribution in [-0.2, 0) is 23.1 Å². The molecule has 0 atom stereocenters. The summed E-state index contributed by atoms with van der Waals surface area (Å²) < 4.78 is 45.3. The molecule has 0 aliphatic carbocycles. The summed E-state index contributed by atoms with van der Waals surface area (Å²) >= 11 is 0. The first-order valence-corrected chi connectivity index (χ1v) is 7.10. The molecule has 1 aliphatic heterocycles. The van der Waals surface area contributed by atoms with Gasteiger partial charge in [0.1, 0.15) is 17.0 Å². The number of hydrogen-bond donors (Lipinski definition) is 1. The maximum absolute atomic E-state index is 12.9. The molecule has 0 saturated carbocycles. The molecule has 1 aliphatic rings. The van der Waals surface area contributed by atoms with Gasteiger partial charge in [0, 0.05) is 37.8 Å². The lowest BCUT2D eigenvalue weighted by atomic mass is 9.91. The summed E-state index contributed by atoms with van der Waals surface area (Å²) in [5.41, 5.74) is -1.74. The predicted octanol–water partition coefficient (Wildman–Crippen LogP) is 1.74. The van der Waals surface area contributed by atoms with Crippen LogP contribution < -0.4 is 0 Å². The van der Waals surface area contributed by atoms with Gasteiger partial charge >= 0.3 is 6.18 Å². The maximum Gasteiger partial charge on any atom is 0.433 e. The Morgan fingerprint density at radius 1 is 1.30 bits per heavy atom. The highest BCUT2D eigenvalue weighted by Crippen LogP contribution is 2.32. The first kappa shape index (κ1) is 15.9. The summed E-state index contributed by atoms with van der Waals surface area (Å²) in [6.45, 7) is 0.691. The Morgan fingerprint density at radius 2 is 2.04 bits per heavy atom. The van der Waals surface area contributed by atoms with Crippen molar-refractivity contribution in [2.75, 3.05) is 13.2 Å². The molecule has 1 fully saturated rings. The third-order valence-electron chi connectivity index (χ3n) is 3.83. The summed E-state index contributed by atoms with van der Waals surface area (Å²) in [6.07, 6.45) is -1.19. The Balaban J connectivity index is 1.83. The van der Waals surface area contributed by atoms with Gasteiger partial charge in [-0.1, -0.05) is 11.3 Å². The van der Waals surface area contributed by atoms with Crippen molar-refractivity contribution in [3.8, 4) is 0 Å². The molecule has 1 N–H and O–H groups in total. The molecule has 9 heteroatoms. The van der Waals surface area contributed by atoms with Gasteiger partial charge in [-0.25, -0.2) is 4.68 Å². The standard InChI is InChI=1S/C14H15F3N4O2/c15-14(16,17)12-10(2-1-5-18-12)8-21-9-11(19-20-21)13(22)3-6-23-7-4-13/h1-2,5,9,22H,3-4,6-8H2. The van der Waals surface area contributed by atoms with E-state index in [4.69, 9.17) is 4.74 Å². The SMILES string of the molecule is OC1(c2cn(Cc3cccnc3C(F)(F)F)nn2)CCOCC1. The number of pyridine rings is 1. The second-order valence-corrected chi connectivity index (χ2v) is 5.45. The van der Waals surface area contributed by atoms with E-state index in [9.17, 15) is 18.3 Å². The number of alkyl halides is 3. The number of nitrogens with zero attached hydrogens (tertiary/aromatic N) is 4. The van der Waals surface area contributed by atoms with Crippen molar-refractivity contribution in [3.63, 3.8) is 0 Å². The summed E-state index contributed by atoms with van der Waals surface area (Å²) in [5, 5.41) is 18.2. The summed E-state index contributed by atoms with van der Waals surface area (Å²) in [7, 11) is 0. The number of halogens is 3. The zero-order chi connectivity index (χ0) is 16.5. The van der Waals surface area contributed by atoms with E-state index in [0.717, 1.165) is 6.20 Å². The van der Waals surface area contributed by atoms with Crippen LogP contribution in [-0.4, -0.2) is 38.3 Å². The molecule has 0 bridgehead atoms. The molecule has 0 aromatic carbocycles. The van der Waals surface area contributed by atoms with Crippen molar-refractivity contribution in [3.05, 3.63) is 41.5 Å². The monoisotopic (exact) mass is 328 g/mol. The van der Waals surface area contributed by atoms with E-state index < -0.39 is 17.5 Å². The average Bonchev–Trinajstić information content (AvgIpc) is 2.97. The predicted molar refractivity (Wildman–Crippen MR) is 72.3 cm³/mol. The molecule has 23 heavy (non-hydrogen) atoms. The highest BCUT2D eigenvalue weighted by Gasteiger charge is 2.36. The van der Waals surface area contributed by atoms with E-state index in [2.05, 4.69) is 15.3 Å². The fraction of sp³-hybridized carbons (Fsp3) is 0.500. The highest BCUT2D eigenvalue weighted by atomic mass is 19.4. The maximum atomic E-state index is 12.9. The number of aliphatic hydroxyl groups is 1. The minimum atomic E-state index is -4.53. The Morgan fingerprint density at radius 3 is 2.74 bits per heavy atom. The molecule has 0 spiro atoms. The van der Waals surface area contributed by atoms with Crippen LogP contribution in [0.5, 0.6) is 0 Å². The van der Waals surface area contributed by atoms with Gasteiger partial charge in [-0.05, 0) is 6.07 Å². The van der Waals surface area contributed by atoms with Gasteiger partial charge < -0.3 is 9.84 Å². The normalized spacial score (nSPS) is 18.1. The van der Waals surface area contributed by atoms with Gasteiger partial charge in [0.2, 0.25) is 0 Å². The van der Waals surface area contributed by atoms with Crippen LogP contribution in [0.25, 0.3) is 0 Å². The van der Waals surface area contributed by atoms with Crippen LogP contribution in [0.15, 0.2) is 24.5 Å². The van der Waals surface area contributed by atoms with Crippen LogP contribution in [0.4, 0.5) is 13.2 Å². The van der Waals surface area contributed by atoms with Crippen LogP contribution >= 0.6 is 0 Å². The lowest BCUT2D eigenvalue weighted by Gasteiger charge is -2.29. The van der Waals surface area contributed by atoms with E-state index >= 15 is 0 Å². The van der Waals surface area contributed by atoms with Gasteiger partial charge in [0.15, 0.2) is 0 Å². The molecule has 2 aromatic heterocycles. The smallest absolute Gasteiger partial charge is 0.383 e. The Kier molecular flexibility index (Phi) is 4.07. The van der Waals surface area contributed by atoms with Gasteiger partial charge in [-0.3, -0.25) is 4.98 Å². The molecule has 3 heterocycles. The van der Waals surface area contributed by atoms with E-state index in [1.807, 2.05) is 0 Å². The molecular weight excluding hydrogens is 313 g/mol. The summed E-state index contributed by atoms with van der Waals surface area (Å²) in [5.74, 6) is 0. The van der Waals surface area contributed by atoms with Gasteiger partial charge in [-0.2, -0.15) is 13.2 Å². The number of hydrogen-bond acceptors (Lipinski definition) is 5. The third kappa shape index (κ3) is 3.35. The number of ether oxygens (including phenoxy) is 1. The number of aromatic nitrogens is 4. The van der Waals surface area contributed by atoms with Crippen LogP contribution in [0.2, 0.25) is 0 Å². The topological polar surface area (TPSA) is 73.1 Å². The molecule has 124 valence electrons. The third-order valence-corrected chi connectivity index (χ3v) is 3.83.